The highest BCUT2D eigenvalue weighted by atomic mass is 16.6. The Morgan fingerprint density at radius 3 is 2.79 bits per heavy atom. The summed E-state index contributed by atoms with van der Waals surface area (Å²) in [4.78, 5) is 20.0. The van der Waals surface area contributed by atoms with Crippen molar-refractivity contribution in [2.75, 3.05) is 14.1 Å². The van der Waals surface area contributed by atoms with Crippen molar-refractivity contribution in [1.29, 1.82) is 0 Å². The molecule has 2 heterocycles. The monoisotopic (exact) mass is 263 g/mol. The van der Waals surface area contributed by atoms with Crippen LogP contribution in [-0.4, -0.2) is 42.1 Å². The molecule has 2 N–H and O–H groups in total. The quantitative estimate of drug-likeness (QED) is 0.639. The Morgan fingerprint density at radius 2 is 2.26 bits per heavy atom. The molecule has 2 rings (SSSR count). The lowest BCUT2D eigenvalue weighted by molar-refractivity contribution is -0.402. The van der Waals surface area contributed by atoms with E-state index < -0.39 is 11.1 Å². The van der Waals surface area contributed by atoms with E-state index in [1.807, 2.05) is 19.0 Å². The van der Waals surface area contributed by atoms with Gasteiger partial charge >= 0.3 is 5.88 Å². The van der Waals surface area contributed by atoms with E-state index in [1.54, 1.807) is 12.4 Å². The highest BCUT2D eigenvalue weighted by Gasteiger charge is 2.19. The number of nitrogens with zero attached hydrogens (tertiary/aromatic N) is 4. The third kappa shape index (κ3) is 2.86. The van der Waals surface area contributed by atoms with Gasteiger partial charge in [0.15, 0.2) is 11.6 Å². The lowest BCUT2D eigenvalue weighted by Crippen LogP contribution is -2.27. The fraction of sp³-hybridized carbons (Fsp3) is 0.273. The van der Waals surface area contributed by atoms with Crippen molar-refractivity contribution in [3.8, 4) is 0 Å². The van der Waals surface area contributed by atoms with Crippen LogP contribution in [-0.2, 0) is 0 Å². The molecule has 8 nitrogen and oxygen atoms in total. The molecule has 8 heteroatoms. The maximum Gasteiger partial charge on any atom is 0.433 e. The Kier molecular flexibility index (Phi) is 3.43. The van der Waals surface area contributed by atoms with E-state index in [0.29, 0.717) is 0 Å². The van der Waals surface area contributed by atoms with E-state index >= 15 is 0 Å². The first-order valence-electron chi connectivity index (χ1n) is 5.47. The Hall–Kier alpha value is -2.48. The first kappa shape index (κ1) is 13.0. The molecule has 1 aromatic heterocycles. The molecule has 1 aliphatic rings. The lowest BCUT2D eigenvalue weighted by atomic mass is 10.2. The van der Waals surface area contributed by atoms with Crippen LogP contribution in [0.4, 0.5) is 5.88 Å². The zero-order valence-corrected chi connectivity index (χ0v) is 10.5. The number of hydrogen-bond acceptors (Lipinski definition) is 7. The van der Waals surface area contributed by atoms with Crippen molar-refractivity contribution < 1.29 is 9.34 Å². The number of hydrogen-bond donors (Lipinski definition) is 1. The van der Waals surface area contributed by atoms with Crippen molar-refractivity contribution >= 4 is 17.9 Å². The Bertz CT molecular complexity index is 585. The van der Waals surface area contributed by atoms with Crippen LogP contribution in [0.1, 0.15) is 5.76 Å². The lowest BCUT2D eigenvalue weighted by Gasteiger charge is -2.15. The second-order valence-electron chi connectivity index (χ2n) is 4.14. The number of nitro groups is 1. The largest absolute Gasteiger partial charge is 0.433 e. The Morgan fingerprint density at radius 1 is 1.53 bits per heavy atom. The fourth-order valence-electron chi connectivity index (χ4n) is 1.53. The number of aliphatic imine (C=N–C) groups is 2. The smallest absolute Gasteiger partial charge is 0.397 e. The molecule has 0 amide bonds. The van der Waals surface area contributed by atoms with Gasteiger partial charge in [0.2, 0.25) is 0 Å². The number of rotatable bonds is 3. The van der Waals surface area contributed by atoms with Gasteiger partial charge in [-0.1, -0.05) is 0 Å². The molecule has 19 heavy (non-hydrogen) atoms. The molecule has 0 bridgehead atoms. The highest BCUT2D eigenvalue weighted by molar-refractivity contribution is 6.05. The van der Waals surface area contributed by atoms with Gasteiger partial charge in [0.25, 0.3) is 0 Å². The van der Waals surface area contributed by atoms with Crippen LogP contribution in [0.5, 0.6) is 0 Å². The predicted molar refractivity (Wildman–Crippen MR) is 70.1 cm³/mol. The number of furan rings is 1. The average molecular weight is 263 g/mol. The Labute approximate surface area is 109 Å². The van der Waals surface area contributed by atoms with Crippen LogP contribution in [0.15, 0.2) is 38.3 Å². The fourth-order valence-corrected chi connectivity index (χ4v) is 1.53. The molecule has 1 atom stereocenters. The van der Waals surface area contributed by atoms with Gasteiger partial charge < -0.3 is 15.1 Å². The van der Waals surface area contributed by atoms with E-state index in [4.69, 9.17) is 10.2 Å². The standard InChI is InChI=1S/C11H13N5O3/c1-15(2)6-7-5-13-11(14-10(7)12)8-3-4-9(19-8)16(17)18/h3-6,10H,12H2,1-2H3. The maximum atomic E-state index is 10.5. The van der Waals surface area contributed by atoms with E-state index in [0.717, 1.165) is 5.57 Å². The molecule has 1 aliphatic heterocycles. The van der Waals surface area contributed by atoms with E-state index in [-0.39, 0.29) is 17.5 Å². The van der Waals surface area contributed by atoms with Crippen LogP contribution in [0, 0.1) is 10.1 Å². The molecule has 0 saturated carbocycles. The summed E-state index contributed by atoms with van der Waals surface area (Å²) in [5.41, 5.74) is 6.62. The molecular weight excluding hydrogens is 250 g/mol. The Balaban J connectivity index is 2.24. The first-order valence-corrected chi connectivity index (χ1v) is 5.47. The van der Waals surface area contributed by atoms with Gasteiger partial charge in [-0.05, 0) is 6.07 Å². The summed E-state index contributed by atoms with van der Waals surface area (Å²) in [6, 6.07) is 2.70. The molecule has 0 aliphatic carbocycles. The number of amidine groups is 1. The van der Waals surface area contributed by atoms with Crippen molar-refractivity contribution in [1.82, 2.24) is 4.90 Å². The van der Waals surface area contributed by atoms with Gasteiger partial charge in [-0.2, -0.15) is 0 Å². The summed E-state index contributed by atoms with van der Waals surface area (Å²) in [6.07, 6.45) is 2.81. The van der Waals surface area contributed by atoms with Crippen LogP contribution in [0.25, 0.3) is 0 Å². The van der Waals surface area contributed by atoms with Crippen molar-refractivity contribution in [2.45, 2.75) is 6.17 Å². The van der Waals surface area contributed by atoms with Crippen LogP contribution in [0.2, 0.25) is 0 Å². The summed E-state index contributed by atoms with van der Waals surface area (Å²) in [7, 11) is 3.73. The zero-order valence-electron chi connectivity index (χ0n) is 10.5. The molecular formula is C11H13N5O3. The van der Waals surface area contributed by atoms with E-state index in [1.165, 1.54) is 12.1 Å². The van der Waals surface area contributed by atoms with Crippen LogP contribution < -0.4 is 5.73 Å². The SMILES string of the molecule is CN(C)C=C1C=NC(c2ccc([N+](=O)[O-])o2)=NC1N. The molecule has 100 valence electrons. The zero-order chi connectivity index (χ0) is 14.0. The molecule has 1 aromatic rings. The minimum atomic E-state index is -0.617. The van der Waals surface area contributed by atoms with Crippen molar-refractivity contribution in [2.24, 2.45) is 15.7 Å². The van der Waals surface area contributed by atoms with Gasteiger partial charge in [0.1, 0.15) is 11.1 Å². The van der Waals surface area contributed by atoms with Gasteiger partial charge in [-0.3, -0.25) is 10.1 Å². The summed E-state index contributed by atoms with van der Waals surface area (Å²) >= 11 is 0. The summed E-state index contributed by atoms with van der Waals surface area (Å²) < 4.78 is 5.02. The molecule has 0 aromatic carbocycles. The van der Waals surface area contributed by atoms with Gasteiger partial charge in [0.05, 0.1) is 6.07 Å². The predicted octanol–water partition coefficient (Wildman–Crippen LogP) is 0.749. The van der Waals surface area contributed by atoms with E-state index in [2.05, 4.69) is 9.98 Å². The maximum absolute atomic E-state index is 10.5. The normalized spacial score (nSPS) is 20.5. The molecule has 0 fully saturated rings. The number of nitrogens with two attached hydrogens (primary N) is 1. The van der Waals surface area contributed by atoms with Crippen LogP contribution in [0.3, 0.4) is 0 Å². The summed E-state index contributed by atoms with van der Waals surface area (Å²) in [6.45, 7) is 0. The molecule has 0 radical (unpaired) electrons. The summed E-state index contributed by atoms with van der Waals surface area (Å²) in [5, 5.41) is 10.5. The van der Waals surface area contributed by atoms with Gasteiger partial charge in [-0.25, -0.2) is 9.98 Å². The van der Waals surface area contributed by atoms with Gasteiger partial charge in [-0.15, -0.1) is 0 Å². The second-order valence-corrected chi connectivity index (χ2v) is 4.14. The van der Waals surface area contributed by atoms with Gasteiger partial charge in [0, 0.05) is 32.1 Å². The van der Waals surface area contributed by atoms with Crippen LogP contribution >= 0.6 is 0 Å². The second kappa shape index (κ2) is 5.02. The minimum absolute atomic E-state index is 0.224. The summed E-state index contributed by atoms with van der Waals surface area (Å²) in [5.74, 6) is 0.120. The first-order chi connectivity index (χ1) is 8.97. The molecule has 1 unspecified atom stereocenters. The average Bonchev–Trinajstić information content (AvgIpc) is 2.80. The topological polar surface area (TPSA) is 110 Å². The third-order valence-corrected chi connectivity index (χ3v) is 2.34. The molecule has 0 saturated heterocycles. The van der Waals surface area contributed by atoms with Crippen molar-refractivity contribution in [3.05, 3.63) is 39.8 Å². The minimum Gasteiger partial charge on any atom is -0.397 e. The highest BCUT2D eigenvalue weighted by Crippen LogP contribution is 2.19. The third-order valence-electron chi connectivity index (χ3n) is 2.34. The molecule has 0 spiro atoms. The van der Waals surface area contributed by atoms with Crippen molar-refractivity contribution in [3.63, 3.8) is 0 Å². The van der Waals surface area contributed by atoms with E-state index in [9.17, 15) is 10.1 Å².